The number of hydrogen-bond acceptors (Lipinski definition) is 4. The average Bonchev–Trinajstić information content (AvgIpc) is 2.53. The summed E-state index contributed by atoms with van der Waals surface area (Å²) in [6.45, 7) is -0.879. The highest BCUT2D eigenvalue weighted by molar-refractivity contribution is 5.29. The minimum Gasteiger partial charge on any atom is -0.265 e. The molecule has 0 spiro atoms. The molecule has 0 saturated carbocycles. The van der Waals surface area contributed by atoms with Gasteiger partial charge in [-0.15, -0.1) is 0 Å². The van der Waals surface area contributed by atoms with Gasteiger partial charge in [0.1, 0.15) is 0 Å². The highest BCUT2D eigenvalue weighted by Crippen LogP contribution is 2.41. The standard InChI is InChI=1S/C15H13FN2O4/c16-15(18(21)22,13-9-5-2-6-10-13)14(11-17(19)20)12-7-3-1-4-8-12/h1-10,14H,11H2/t14-,15-/m1/s1. The van der Waals surface area contributed by atoms with E-state index in [0.29, 0.717) is 0 Å². The van der Waals surface area contributed by atoms with Gasteiger partial charge in [0, 0.05) is 4.92 Å². The van der Waals surface area contributed by atoms with Crippen molar-refractivity contribution in [1.82, 2.24) is 0 Å². The van der Waals surface area contributed by atoms with E-state index in [1.807, 2.05) is 0 Å². The maximum absolute atomic E-state index is 15.4. The summed E-state index contributed by atoms with van der Waals surface area (Å²) in [7, 11) is 0. The number of nitrogens with zero attached hydrogens (tertiary/aromatic N) is 2. The Morgan fingerprint density at radius 3 is 1.91 bits per heavy atom. The van der Waals surface area contributed by atoms with Crippen LogP contribution in [0.1, 0.15) is 17.0 Å². The first-order chi connectivity index (χ1) is 10.5. The number of alkyl halides is 1. The van der Waals surface area contributed by atoms with Gasteiger partial charge < -0.3 is 0 Å². The average molecular weight is 304 g/mol. The summed E-state index contributed by atoms with van der Waals surface area (Å²) in [5.74, 6) is -4.60. The second kappa shape index (κ2) is 6.30. The van der Waals surface area contributed by atoms with Crippen LogP contribution >= 0.6 is 0 Å². The Morgan fingerprint density at radius 2 is 1.45 bits per heavy atom. The van der Waals surface area contributed by atoms with E-state index < -0.39 is 28.1 Å². The van der Waals surface area contributed by atoms with Crippen LogP contribution < -0.4 is 0 Å². The summed E-state index contributed by atoms with van der Waals surface area (Å²) in [5, 5.41) is 22.3. The van der Waals surface area contributed by atoms with Gasteiger partial charge in [0.2, 0.25) is 6.54 Å². The van der Waals surface area contributed by atoms with Crippen LogP contribution in [-0.4, -0.2) is 16.4 Å². The molecule has 0 fully saturated rings. The molecular weight excluding hydrogens is 291 g/mol. The molecule has 0 amide bonds. The fourth-order valence-corrected chi connectivity index (χ4v) is 2.39. The van der Waals surface area contributed by atoms with Gasteiger partial charge in [-0.2, -0.15) is 4.39 Å². The van der Waals surface area contributed by atoms with E-state index in [1.54, 1.807) is 24.3 Å². The highest BCUT2D eigenvalue weighted by atomic mass is 19.1. The van der Waals surface area contributed by atoms with Crippen molar-refractivity contribution in [1.29, 1.82) is 0 Å². The van der Waals surface area contributed by atoms with Gasteiger partial charge >= 0.3 is 5.79 Å². The Labute approximate surface area is 125 Å². The highest BCUT2D eigenvalue weighted by Gasteiger charge is 2.56. The topological polar surface area (TPSA) is 86.3 Å². The SMILES string of the molecule is O=[N+]([O-])C[C@H](c1ccccc1)[C@@](F)(c1ccccc1)[N+](=O)[O-]. The molecule has 0 aromatic heterocycles. The van der Waals surface area contributed by atoms with Crippen LogP contribution in [0.4, 0.5) is 4.39 Å². The van der Waals surface area contributed by atoms with Gasteiger partial charge in [-0.05, 0) is 17.7 Å². The number of halogens is 1. The van der Waals surface area contributed by atoms with Crippen molar-refractivity contribution in [3.63, 3.8) is 0 Å². The second-order valence-corrected chi connectivity index (χ2v) is 4.78. The monoisotopic (exact) mass is 304 g/mol. The minimum absolute atomic E-state index is 0.210. The molecule has 114 valence electrons. The van der Waals surface area contributed by atoms with Crippen molar-refractivity contribution in [2.24, 2.45) is 0 Å². The van der Waals surface area contributed by atoms with E-state index in [1.165, 1.54) is 36.4 Å². The zero-order chi connectivity index (χ0) is 16.2. The maximum atomic E-state index is 15.4. The van der Waals surface area contributed by atoms with Crippen LogP contribution in [0.5, 0.6) is 0 Å². The lowest BCUT2D eigenvalue weighted by atomic mass is 9.85. The quantitative estimate of drug-likeness (QED) is 0.466. The van der Waals surface area contributed by atoms with E-state index in [4.69, 9.17) is 0 Å². The van der Waals surface area contributed by atoms with Crippen LogP contribution in [0, 0.1) is 20.2 Å². The van der Waals surface area contributed by atoms with Gasteiger partial charge in [-0.1, -0.05) is 48.5 Å². The lowest BCUT2D eigenvalue weighted by Crippen LogP contribution is -2.40. The molecule has 0 heterocycles. The molecule has 0 aliphatic carbocycles. The zero-order valence-corrected chi connectivity index (χ0v) is 11.5. The predicted octanol–water partition coefficient (Wildman–Crippen LogP) is 3.15. The Hall–Kier alpha value is -2.83. The minimum atomic E-state index is -3.07. The van der Waals surface area contributed by atoms with Crippen molar-refractivity contribution in [3.8, 4) is 0 Å². The lowest BCUT2D eigenvalue weighted by Gasteiger charge is -2.24. The van der Waals surface area contributed by atoms with E-state index >= 15 is 4.39 Å². The van der Waals surface area contributed by atoms with Gasteiger partial charge in [0.25, 0.3) is 0 Å². The largest absolute Gasteiger partial charge is 0.397 e. The Morgan fingerprint density at radius 1 is 0.955 bits per heavy atom. The van der Waals surface area contributed by atoms with E-state index in [2.05, 4.69) is 0 Å². The van der Waals surface area contributed by atoms with Crippen LogP contribution in [0.25, 0.3) is 0 Å². The third-order valence-electron chi connectivity index (χ3n) is 3.44. The van der Waals surface area contributed by atoms with Crippen molar-refractivity contribution in [2.75, 3.05) is 6.54 Å². The Bertz CT molecular complexity index is 666. The molecule has 6 nitrogen and oxygen atoms in total. The van der Waals surface area contributed by atoms with Gasteiger partial charge in [0.15, 0.2) is 5.92 Å². The molecule has 0 unspecified atom stereocenters. The van der Waals surface area contributed by atoms with E-state index in [9.17, 15) is 20.2 Å². The van der Waals surface area contributed by atoms with Crippen LogP contribution in [0.2, 0.25) is 0 Å². The van der Waals surface area contributed by atoms with Crippen LogP contribution in [-0.2, 0) is 5.79 Å². The summed E-state index contributed by atoms with van der Waals surface area (Å²) < 4.78 is 15.4. The third kappa shape index (κ3) is 2.93. The summed E-state index contributed by atoms with van der Waals surface area (Å²) in [5.41, 5.74) is -0.00189. The molecule has 0 radical (unpaired) electrons. The molecule has 22 heavy (non-hydrogen) atoms. The first-order valence-corrected chi connectivity index (χ1v) is 6.52. The second-order valence-electron chi connectivity index (χ2n) is 4.78. The molecule has 2 rings (SSSR count). The molecule has 7 heteroatoms. The van der Waals surface area contributed by atoms with Gasteiger partial charge in [0.05, 0.1) is 10.5 Å². The number of nitro groups is 2. The fraction of sp³-hybridized carbons (Fsp3) is 0.200. The Kier molecular flexibility index (Phi) is 4.45. The normalized spacial score (nSPS) is 14.8. The Balaban J connectivity index is 2.59. The summed E-state index contributed by atoms with van der Waals surface area (Å²) in [6.07, 6.45) is 0. The van der Waals surface area contributed by atoms with Crippen LogP contribution in [0.15, 0.2) is 60.7 Å². The molecular formula is C15H13FN2O4. The van der Waals surface area contributed by atoms with E-state index in [0.717, 1.165) is 0 Å². The van der Waals surface area contributed by atoms with Crippen molar-refractivity contribution in [3.05, 3.63) is 92.0 Å². The van der Waals surface area contributed by atoms with Gasteiger partial charge in [-0.25, -0.2) is 0 Å². The first-order valence-electron chi connectivity index (χ1n) is 6.52. The molecule has 2 aromatic carbocycles. The number of benzene rings is 2. The van der Waals surface area contributed by atoms with E-state index in [-0.39, 0.29) is 11.1 Å². The summed E-state index contributed by atoms with van der Waals surface area (Å²) >= 11 is 0. The van der Waals surface area contributed by atoms with Crippen molar-refractivity contribution >= 4 is 0 Å². The molecule has 2 aromatic rings. The third-order valence-corrected chi connectivity index (χ3v) is 3.44. The molecule has 0 N–H and O–H groups in total. The smallest absolute Gasteiger partial charge is 0.265 e. The molecule has 0 bridgehead atoms. The molecule has 0 saturated heterocycles. The lowest BCUT2D eigenvalue weighted by molar-refractivity contribution is -0.632. The van der Waals surface area contributed by atoms with Crippen LogP contribution in [0.3, 0.4) is 0 Å². The van der Waals surface area contributed by atoms with Crippen molar-refractivity contribution < 1.29 is 14.2 Å². The fourth-order valence-electron chi connectivity index (χ4n) is 2.39. The molecule has 0 aliphatic rings. The number of hydrogen-bond donors (Lipinski definition) is 0. The predicted molar refractivity (Wildman–Crippen MR) is 77.3 cm³/mol. The summed E-state index contributed by atoms with van der Waals surface area (Å²) in [4.78, 5) is 20.5. The number of rotatable bonds is 6. The maximum Gasteiger partial charge on any atom is 0.397 e. The molecule has 0 aliphatic heterocycles. The zero-order valence-electron chi connectivity index (χ0n) is 11.5. The summed E-state index contributed by atoms with van der Waals surface area (Å²) in [6, 6.07) is 14.7. The van der Waals surface area contributed by atoms with Gasteiger partial charge in [-0.3, -0.25) is 20.2 Å². The van der Waals surface area contributed by atoms with Crippen molar-refractivity contribution in [2.45, 2.75) is 11.7 Å². The first kappa shape index (κ1) is 15.6. The molecule has 2 atom stereocenters.